The molecule has 1 amide bonds. The molecule has 0 saturated carbocycles. The molecule has 3 heteroatoms. The molecule has 1 aromatic carbocycles. The fourth-order valence-electron chi connectivity index (χ4n) is 1.78. The first kappa shape index (κ1) is 16.3. The van der Waals surface area contributed by atoms with Crippen LogP contribution in [-0.4, -0.2) is 17.6 Å². The average Bonchev–Trinajstić information content (AvgIpc) is 2.30. The van der Waals surface area contributed by atoms with Gasteiger partial charge in [0.2, 0.25) is 5.91 Å². The van der Waals surface area contributed by atoms with E-state index >= 15 is 0 Å². The Morgan fingerprint density at radius 1 is 1.35 bits per heavy atom. The lowest BCUT2D eigenvalue weighted by Gasteiger charge is -2.18. The van der Waals surface area contributed by atoms with Crippen molar-refractivity contribution in [2.75, 3.05) is 11.9 Å². The minimum atomic E-state index is -0.0201. The molecule has 1 rings (SSSR count). The van der Waals surface area contributed by atoms with Gasteiger partial charge in [-0.25, -0.2) is 0 Å². The zero-order valence-corrected chi connectivity index (χ0v) is 12.7. The highest BCUT2D eigenvalue weighted by Crippen LogP contribution is 2.21. The zero-order valence-electron chi connectivity index (χ0n) is 12.7. The molecule has 0 saturated heterocycles. The first-order valence-corrected chi connectivity index (χ1v) is 6.82. The third-order valence-electron chi connectivity index (χ3n) is 2.66. The average molecular weight is 273 g/mol. The number of hydrogen-bond acceptors (Lipinski definition) is 2. The normalized spacial score (nSPS) is 10.7. The summed E-state index contributed by atoms with van der Waals surface area (Å²) in [6.45, 7) is 8.15. The Labute approximate surface area is 121 Å². The van der Waals surface area contributed by atoms with Gasteiger partial charge < -0.3 is 10.4 Å². The van der Waals surface area contributed by atoms with Gasteiger partial charge in [0.15, 0.2) is 0 Å². The number of nitrogens with one attached hydrogen (secondary N) is 1. The molecule has 20 heavy (non-hydrogen) atoms. The Hall–Kier alpha value is -1.79. The molecule has 0 bridgehead atoms. The van der Waals surface area contributed by atoms with Crippen molar-refractivity contribution in [2.24, 2.45) is 5.41 Å². The van der Waals surface area contributed by atoms with Crippen molar-refractivity contribution in [2.45, 2.75) is 40.5 Å². The summed E-state index contributed by atoms with van der Waals surface area (Å²) in [5.41, 5.74) is 2.69. The Morgan fingerprint density at radius 2 is 2.05 bits per heavy atom. The van der Waals surface area contributed by atoms with Crippen LogP contribution < -0.4 is 5.32 Å². The minimum Gasteiger partial charge on any atom is -0.395 e. The molecule has 0 aliphatic heterocycles. The molecule has 0 unspecified atom stereocenters. The van der Waals surface area contributed by atoms with Crippen LogP contribution in [0.1, 0.15) is 44.7 Å². The van der Waals surface area contributed by atoms with Gasteiger partial charge in [0.1, 0.15) is 0 Å². The van der Waals surface area contributed by atoms with E-state index in [9.17, 15) is 4.79 Å². The summed E-state index contributed by atoms with van der Waals surface area (Å²) in [7, 11) is 0. The lowest BCUT2D eigenvalue weighted by Crippen LogP contribution is -2.20. The van der Waals surface area contributed by atoms with Gasteiger partial charge in [0.05, 0.1) is 6.61 Å². The number of rotatable bonds is 3. The van der Waals surface area contributed by atoms with E-state index in [-0.39, 0.29) is 17.9 Å². The third-order valence-corrected chi connectivity index (χ3v) is 2.66. The first-order valence-electron chi connectivity index (χ1n) is 6.82. The summed E-state index contributed by atoms with van der Waals surface area (Å²) in [5.74, 6) is 5.89. The van der Waals surface area contributed by atoms with Crippen LogP contribution in [0.4, 0.5) is 5.69 Å². The minimum absolute atomic E-state index is 0.0201. The third kappa shape index (κ3) is 5.90. The van der Waals surface area contributed by atoms with Gasteiger partial charge in [-0.05, 0) is 36.1 Å². The van der Waals surface area contributed by atoms with Crippen LogP contribution in [0, 0.1) is 24.2 Å². The molecular weight excluding hydrogens is 250 g/mol. The lowest BCUT2D eigenvalue weighted by molar-refractivity contribution is -0.117. The molecule has 108 valence electrons. The van der Waals surface area contributed by atoms with Crippen LogP contribution in [0.25, 0.3) is 0 Å². The molecule has 0 aliphatic carbocycles. The van der Waals surface area contributed by atoms with Crippen LogP contribution in [0.15, 0.2) is 18.2 Å². The molecule has 2 N–H and O–H groups in total. The maximum atomic E-state index is 11.9. The summed E-state index contributed by atoms with van der Waals surface area (Å²) in [6, 6.07) is 5.69. The van der Waals surface area contributed by atoms with Crippen LogP contribution in [0.2, 0.25) is 0 Å². The number of carbonyl (C=O) groups is 1. The molecule has 3 nitrogen and oxygen atoms in total. The summed E-state index contributed by atoms with van der Waals surface area (Å²) >= 11 is 0. The van der Waals surface area contributed by atoms with E-state index in [1.807, 2.05) is 45.9 Å². The van der Waals surface area contributed by atoms with E-state index in [0.29, 0.717) is 12.8 Å². The van der Waals surface area contributed by atoms with Crippen LogP contribution in [0.3, 0.4) is 0 Å². The van der Waals surface area contributed by atoms with E-state index in [1.165, 1.54) is 0 Å². The van der Waals surface area contributed by atoms with Gasteiger partial charge >= 0.3 is 0 Å². The fraction of sp³-hybridized carbons (Fsp3) is 0.471. The van der Waals surface area contributed by atoms with Crippen molar-refractivity contribution in [3.63, 3.8) is 0 Å². The Balaban J connectivity index is 2.74. The Kier molecular flexibility index (Phi) is 5.79. The number of carbonyl (C=O) groups excluding carboxylic acids is 1. The molecule has 0 atom stereocenters. The van der Waals surface area contributed by atoms with Crippen LogP contribution >= 0.6 is 0 Å². The highest BCUT2D eigenvalue weighted by Gasteiger charge is 2.16. The van der Waals surface area contributed by atoms with Crippen molar-refractivity contribution in [1.82, 2.24) is 0 Å². The highest BCUT2D eigenvalue weighted by atomic mass is 16.2. The van der Waals surface area contributed by atoms with E-state index in [2.05, 4.69) is 17.2 Å². The maximum Gasteiger partial charge on any atom is 0.224 e. The fourth-order valence-corrected chi connectivity index (χ4v) is 1.78. The smallest absolute Gasteiger partial charge is 0.224 e. The molecule has 0 spiro atoms. The molecular formula is C17H23NO2. The number of anilines is 1. The molecule has 1 aromatic rings. The summed E-state index contributed by atoms with van der Waals surface area (Å²) in [4.78, 5) is 11.9. The van der Waals surface area contributed by atoms with Crippen molar-refractivity contribution >= 4 is 11.6 Å². The number of amides is 1. The topological polar surface area (TPSA) is 49.3 Å². The van der Waals surface area contributed by atoms with Crippen LogP contribution in [-0.2, 0) is 4.79 Å². The quantitative estimate of drug-likeness (QED) is 0.831. The molecule has 0 heterocycles. The first-order chi connectivity index (χ1) is 9.31. The summed E-state index contributed by atoms with van der Waals surface area (Å²) < 4.78 is 0. The van der Waals surface area contributed by atoms with Crippen LogP contribution in [0.5, 0.6) is 0 Å². The predicted octanol–water partition coefficient (Wildman–Crippen LogP) is 3.10. The van der Waals surface area contributed by atoms with Crippen molar-refractivity contribution in [3.8, 4) is 11.8 Å². The number of benzene rings is 1. The number of aliphatic hydroxyl groups is 1. The van der Waals surface area contributed by atoms with Gasteiger partial charge in [0, 0.05) is 24.1 Å². The largest absolute Gasteiger partial charge is 0.395 e. The second-order valence-corrected chi connectivity index (χ2v) is 6.09. The lowest BCUT2D eigenvalue weighted by atomic mass is 9.92. The molecule has 0 radical (unpaired) electrons. The Bertz CT molecular complexity index is 530. The van der Waals surface area contributed by atoms with E-state index < -0.39 is 0 Å². The number of aryl methyl sites for hydroxylation is 1. The molecule has 0 aliphatic rings. The van der Waals surface area contributed by atoms with Gasteiger partial charge in [0.25, 0.3) is 0 Å². The van der Waals surface area contributed by atoms with Gasteiger partial charge in [-0.15, -0.1) is 0 Å². The maximum absolute atomic E-state index is 11.9. The van der Waals surface area contributed by atoms with E-state index in [1.54, 1.807) is 0 Å². The standard InChI is InChI=1S/C17H23NO2/c1-13-11-14(7-5-6-10-19)8-9-15(13)18-16(20)12-17(2,3)4/h8-9,11,19H,6,10,12H2,1-4H3,(H,18,20). The zero-order chi connectivity index (χ0) is 15.2. The van der Waals surface area contributed by atoms with Gasteiger partial charge in [-0.2, -0.15) is 0 Å². The van der Waals surface area contributed by atoms with Crippen molar-refractivity contribution in [3.05, 3.63) is 29.3 Å². The number of hydrogen-bond donors (Lipinski definition) is 2. The van der Waals surface area contributed by atoms with E-state index in [4.69, 9.17) is 5.11 Å². The second-order valence-electron chi connectivity index (χ2n) is 6.09. The summed E-state index contributed by atoms with van der Waals surface area (Å²) in [6.07, 6.45) is 0.966. The van der Waals surface area contributed by atoms with Gasteiger partial charge in [-0.3, -0.25) is 4.79 Å². The highest BCUT2D eigenvalue weighted by molar-refractivity contribution is 5.91. The molecule has 0 aromatic heterocycles. The predicted molar refractivity (Wildman–Crippen MR) is 82.5 cm³/mol. The monoisotopic (exact) mass is 273 g/mol. The van der Waals surface area contributed by atoms with E-state index in [0.717, 1.165) is 16.8 Å². The molecule has 0 fully saturated rings. The number of aliphatic hydroxyl groups excluding tert-OH is 1. The SMILES string of the molecule is Cc1cc(C#CCCO)ccc1NC(=O)CC(C)(C)C. The Morgan fingerprint density at radius 3 is 2.60 bits per heavy atom. The van der Waals surface area contributed by atoms with Crippen molar-refractivity contribution in [1.29, 1.82) is 0 Å². The van der Waals surface area contributed by atoms with Crippen molar-refractivity contribution < 1.29 is 9.90 Å². The summed E-state index contributed by atoms with van der Waals surface area (Å²) in [5, 5.41) is 11.6. The van der Waals surface area contributed by atoms with Gasteiger partial charge in [-0.1, -0.05) is 32.6 Å². The second kappa shape index (κ2) is 7.12.